The first-order valence-electron chi connectivity index (χ1n) is 4.60. The first-order chi connectivity index (χ1) is 6.59. The Hall–Kier alpha value is -1.06. The predicted molar refractivity (Wildman–Crippen MR) is 45.8 cm³/mol. The minimum atomic E-state index is -4.24. The number of hydrogen-bond acceptors (Lipinski definition) is 1. The summed E-state index contributed by atoms with van der Waals surface area (Å²) >= 11 is 0. The van der Waals surface area contributed by atoms with Gasteiger partial charge in [-0.05, 0) is 30.4 Å². The lowest BCUT2D eigenvalue weighted by Crippen LogP contribution is -2.16. The van der Waals surface area contributed by atoms with Crippen LogP contribution >= 0.6 is 0 Å². The molecule has 0 radical (unpaired) electrons. The first kappa shape index (κ1) is 9.49. The van der Waals surface area contributed by atoms with Crippen molar-refractivity contribution in [3.05, 3.63) is 29.6 Å². The lowest BCUT2D eigenvalue weighted by molar-refractivity contribution is -0.138. The number of aromatic nitrogens is 1. The quantitative estimate of drug-likeness (QED) is 0.678. The molecule has 1 aliphatic rings. The van der Waals surface area contributed by atoms with Crippen LogP contribution in [0.2, 0.25) is 0 Å². The van der Waals surface area contributed by atoms with Gasteiger partial charge in [0.05, 0.1) is 5.56 Å². The molecular formula is C10H10F3N. The minimum absolute atomic E-state index is 0.0697. The Morgan fingerprint density at radius 3 is 2.50 bits per heavy atom. The van der Waals surface area contributed by atoms with Gasteiger partial charge in [0.15, 0.2) is 0 Å². The highest BCUT2D eigenvalue weighted by Gasteiger charge is 2.36. The average Bonchev–Trinajstić information content (AvgIpc) is 2.00. The second kappa shape index (κ2) is 3.26. The van der Waals surface area contributed by atoms with Gasteiger partial charge in [0.1, 0.15) is 0 Å². The van der Waals surface area contributed by atoms with Gasteiger partial charge in [-0.1, -0.05) is 6.42 Å². The Morgan fingerprint density at radius 2 is 2.00 bits per heavy atom. The molecule has 0 aliphatic heterocycles. The van der Waals surface area contributed by atoms with Gasteiger partial charge in [0.25, 0.3) is 0 Å². The molecule has 4 heteroatoms. The van der Waals surface area contributed by atoms with E-state index < -0.39 is 11.7 Å². The van der Waals surface area contributed by atoms with Crippen molar-refractivity contribution in [2.24, 2.45) is 0 Å². The fourth-order valence-electron chi connectivity index (χ4n) is 1.71. The van der Waals surface area contributed by atoms with Crippen molar-refractivity contribution in [2.75, 3.05) is 0 Å². The van der Waals surface area contributed by atoms with Crippen LogP contribution in [-0.2, 0) is 6.18 Å². The minimum Gasteiger partial charge on any atom is -0.264 e. The van der Waals surface area contributed by atoms with Crippen molar-refractivity contribution >= 4 is 0 Å². The van der Waals surface area contributed by atoms with Crippen molar-refractivity contribution in [3.8, 4) is 0 Å². The summed E-state index contributed by atoms with van der Waals surface area (Å²) in [6, 6.07) is 1.06. The van der Waals surface area contributed by atoms with E-state index in [2.05, 4.69) is 4.98 Å². The molecule has 2 rings (SSSR count). The van der Waals surface area contributed by atoms with Gasteiger partial charge in [-0.25, -0.2) is 0 Å². The van der Waals surface area contributed by atoms with E-state index in [1.54, 1.807) is 0 Å². The number of nitrogens with zero attached hydrogens (tertiary/aromatic N) is 1. The van der Waals surface area contributed by atoms with E-state index >= 15 is 0 Å². The SMILES string of the molecule is FC(F)(F)c1ccncc1C1CCC1. The summed E-state index contributed by atoms with van der Waals surface area (Å²) in [6.07, 6.45) is 1.05. The number of halogens is 3. The highest BCUT2D eigenvalue weighted by Crippen LogP contribution is 2.42. The van der Waals surface area contributed by atoms with Gasteiger partial charge in [0, 0.05) is 12.4 Å². The van der Waals surface area contributed by atoms with Gasteiger partial charge in [-0.3, -0.25) is 4.98 Å². The fraction of sp³-hybridized carbons (Fsp3) is 0.500. The van der Waals surface area contributed by atoms with Gasteiger partial charge in [-0.2, -0.15) is 13.2 Å². The molecule has 1 aromatic heterocycles. The van der Waals surface area contributed by atoms with Crippen molar-refractivity contribution in [1.29, 1.82) is 0 Å². The molecule has 76 valence electrons. The third-order valence-electron chi connectivity index (χ3n) is 2.70. The molecule has 14 heavy (non-hydrogen) atoms. The normalized spacial score (nSPS) is 17.9. The van der Waals surface area contributed by atoms with E-state index in [0.717, 1.165) is 25.3 Å². The van der Waals surface area contributed by atoms with Crippen LogP contribution in [-0.4, -0.2) is 4.98 Å². The van der Waals surface area contributed by atoms with Gasteiger partial charge >= 0.3 is 6.18 Å². The number of pyridine rings is 1. The maximum Gasteiger partial charge on any atom is 0.416 e. The molecule has 0 N–H and O–H groups in total. The van der Waals surface area contributed by atoms with Crippen LogP contribution in [0.25, 0.3) is 0 Å². The summed E-state index contributed by atoms with van der Waals surface area (Å²) < 4.78 is 37.6. The Balaban J connectivity index is 2.38. The van der Waals surface area contributed by atoms with Gasteiger partial charge < -0.3 is 0 Å². The van der Waals surface area contributed by atoms with Crippen LogP contribution in [0, 0.1) is 0 Å². The predicted octanol–water partition coefficient (Wildman–Crippen LogP) is 3.37. The van der Waals surface area contributed by atoms with Crippen LogP contribution in [0.4, 0.5) is 13.2 Å². The molecule has 0 saturated heterocycles. The maximum atomic E-state index is 12.5. The Kier molecular flexibility index (Phi) is 2.21. The van der Waals surface area contributed by atoms with Crippen molar-refractivity contribution in [2.45, 2.75) is 31.4 Å². The van der Waals surface area contributed by atoms with E-state index in [9.17, 15) is 13.2 Å². The topological polar surface area (TPSA) is 12.9 Å². The molecule has 0 spiro atoms. The standard InChI is InChI=1S/C10H10F3N/c11-10(12,13)9-4-5-14-6-8(9)7-2-1-3-7/h4-7H,1-3H2. The number of hydrogen-bond donors (Lipinski definition) is 0. The molecule has 0 amide bonds. The van der Waals surface area contributed by atoms with Crippen LogP contribution in [0.3, 0.4) is 0 Å². The van der Waals surface area contributed by atoms with Crippen LogP contribution < -0.4 is 0 Å². The van der Waals surface area contributed by atoms with Crippen molar-refractivity contribution in [3.63, 3.8) is 0 Å². The Bertz CT molecular complexity index is 328. The molecule has 1 aliphatic carbocycles. The van der Waals surface area contributed by atoms with E-state index in [4.69, 9.17) is 0 Å². The zero-order chi connectivity index (χ0) is 10.2. The largest absolute Gasteiger partial charge is 0.416 e. The molecule has 1 fully saturated rings. The van der Waals surface area contributed by atoms with E-state index in [1.165, 1.54) is 12.4 Å². The Labute approximate surface area is 80.0 Å². The third-order valence-corrected chi connectivity index (χ3v) is 2.70. The number of rotatable bonds is 1. The summed E-state index contributed by atoms with van der Waals surface area (Å²) in [5, 5.41) is 0. The van der Waals surface area contributed by atoms with Crippen LogP contribution in [0.5, 0.6) is 0 Å². The van der Waals surface area contributed by atoms with Crippen molar-refractivity contribution in [1.82, 2.24) is 4.98 Å². The molecular weight excluding hydrogens is 191 g/mol. The van der Waals surface area contributed by atoms with Crippen molar-refractivity contribution < 1.29 is 13.2 Å². The molecule has 0 bridgehead atoms. The first-order valence-corrected chi connectivity index (χ1v) is 4.60. The highest BCUT2D eigenvalue weighted by atomic mass is 19.4. The van der Waals surface area contributed by atoms with E-state index in [1.807, 2.05) is 0 Å². The molecule has 1 saturated carbocycles. The molecule has 1 heterocycles. The molecule has 0 atom stereocenters. The highest BCUT2D eigenvalue weighted by molar-refractivity contribution is 5.30. The summed E-state index contributed by atoms with van der Waals surface area (Å²) in [5.74, 6) is 0.0697. The second-order valence-electron chi connectivity index (χ2n) is 3.59. The van der Waals surface area contributed by atoms with E-state index in [0.29, 0.717) is 5.56 Å². The molecule has 1 aromatic rings. The van der Waals surface area contributed by atoms with E-state index in [-0.39, 0.29) is 5.92 Å². The average molecular weight is 201 g/mol. The lowest BCUT2D eigenvalue weighted by atomic mass is 9.79. The fourth-order valence-corrected chi connectivity index (χ4v) is 1.71. The zero-order valence-corrected chi connectivity index (χ0v) is 7.51. The lowest BCUT2D eigenvalue weighted by Gasteiger charge is -2.27. The number of alkyl halides is 3. The zero-order valence-electron chi connectivity index (χ0n) is 7.51. The molecule has 0 unspecified atom stereocenters. The Morgan fingerprint density at radius 1 is 1.29 bits per heavy atom. The third kappa shape index (κ3) is 1.61. The van der Waals surface area contributed by atoms with Crippen LogP contribution in [0.15, 0.2) is 18.5 Å². The van der Waals surface area contributed by atoms with Crippen LogP contribution in [0.1, 0.15) is 36.3 Å². The van der Waals surface area contributed by atoms with Gasteiger partial charge in [-0.15, -0.1) is 0 Å². The monoisotopic (exact) mass is 201 g/mol. The molecule has 1 nitrogen and oxygen atoms in total. The summed E-state index contributed by atoms with van der Waals surface area (Å²) in [7, 11) is 0. The summed E-state index contributed by atoms with van der Waals surface area (Å²) in [5.41, 5.74) is -0.150. The summed E-state index contributed by atoms with van der Waals surface area (Å²) in [6.45, 7) is 0. The summed E-state index contributed by atoms with van der Waals surface area (Å²) in [4.78, 5) is 3.76. The second-order valence-corrected chi connectivity index (χ2v) is 3.59. The maximum absolute atomic E-state index is 12.5. The smallest absolute Gasteiger partial charge is 0.264 e. The molecule has 0 aromatic carbocycles. The van der Waals surface area contributed by atoms with Gasteiger partial charge in [0.2, 0.25) is 0 Å².